The van der Waals surface area contributed by atoms with Crippen LogP contribution in [0.3, 0.4) is 0 Å². The van der Waals surface area contributed by atoms with Crippen LogP contribution in [0.4, 0.5) is 5.95 Å². The average molecular weight is 1220 g/mol. The molecule has 0 spiro atoms. The highest BCUT2D eigenvalue weighted by Crippen LogP contribution is 2.28. The highest BCUT2D eigenvalue weighted by atomic mass is 32.1. The van der Waals surface area contributed by atoms with Crippen LogP contribution in [-0.4, -0.2) is 60.3 Å². The summed E-state index contributed by atoms with van der Waals surface area (Å²) in [6.45, 7) is 48.7. The van der Waals surface area contributed by atoms with E-state index in [0.29, 0.717) is 27.1 Å². The van der Waals surface area contributed by atoms with Crippen molar-refractivity contribution in [3.8, 4) is 0 Å². The highest BCUT2D eigenvalue weighted by molar-refractivity contribution is 7.12. The molecule has 10 nitrogen and oxygen atoms in total. The third-order valence-corrected chi connectivity index (χ3v) is 15.1. The Kier molecular flexibility index (Phi) is 40.1. The minimum atomic E-state index is 0.0227. The van der Waals surface area contributed by atoms with Crippen molar-refractivity contribution in [2.75, 3.05) is 38.0 Å². The molecule has 1 aliphatic heterocycles. The Morgan fingerprint density at radius 2 is 1.00 bits per heavy atom. The summed E-state index contributed by atoms with van der Waals surface area (Å²) in [5.74, 6) is 2.78. The molecule has 1 aliphatic rings. The summed E-state index contributed by atoms with van der Waals surface area (Å²) < 4.78 is 5.31. The molecular weight excluding hydrogens is 1100 g/mol. The molecule has 12 heteroatoms. The van der Waals surface area contributed by atoms with Crippen molar-refractivity contribution in [3.05, 3.63) is 149 Å². The van der Waals surface area contributed by atoms with Crippen molar-refractivity contribution in [2.24, 2.45) is 32.1 Å². The molecule has 4 aromatic heterocycles. The molecule has 0 aliphatic carbocycles. The zero-order chi connectivity index (χ0) is 64.3. The number of unbranched alkanes of at least 4 members (excludes halogenated alkanes) is 4. The van der Waals surface area contributed by atoms with Crippen LogP contribution >= 0.6 is 22.7 Å². The Morgan fingerprint density at radius 3 is 1.47 bits per heavy atom. The number of amides is 2. The quantitative estimate of drug-likeness (QED) is 0.0405. The van der Waals surface area contributed by atoms with Gasteiger partial charge in [0.1, 0.15) is 11.6 Å². The van der Waals surface area contributed by atoms with E-state index in [0.717, 1.165) is 105 Å². The summed E-state index contributed by atoms with van der Waals surface area (Å²) in [5.41, 5.74) is 5.35. The predicted octanol–water partition coefficient (Wildman–Crippen LogP) is 21.3. The number of allylic oxidation sites excluding steroid dienone is 2. The van der Waals surface area contributed by atoms with Gasteiger partial charge in [-0.2, -0.15) is 0 Å². The largest absolute Gasteiger partial charge is 0.465 e. The second kappa shape index (κ2) is 43.9. The van der Waals surface area contributed by atoms with Gasteiger partial charge in [0, 0.05) is 49.0 Å². The SMILES string of the molecule is C=C(CCCCCC(C)(C)C)c1ccco1.C=C(CCCCCC(C)(C)C)c1cccs1.CC(C)(C)CCCNC(=O)c1ccccc1.CC(C)(C)CCCNC1=NCC=C1.CC(C)(C)CCCNc1ncccn1.CCCNC(=O)c1cccs1. The number of nitrogens with zero attached hydrogens (tertiary/aromatic N) is 3. The first-order valence-electron chi connectivity index (χ1n) is 32.0. The lowest BCUT2D eigenvalue weighted by molar-refractivity contribution is 0.0946. The number of carbonyl (C=O) groups is 2. The number of aliphatic imine (C=N–C) groups is 1. The first-order chi connectivity index (χ1) is 40.5. The average Bonchev–Trinajstić information content (AvgIpc) is 4.50. The lowest BCUT2D eigenvalue weighted by Crippen LogP contribution is -2.25. The topological polar surface area (TPSA) is 134 Å². The minimum Gasteiger partial charge on any atom is -0.465 e. The fourth-order valence-corrected chi connectivity index (χ4v) is 9.69. The van der Waals surface area contributed by atoms with Crippen LogP contribution < -0.4 is 21.3 Å². The summed E-state index contributed by atoms with van der Waals surface area (Å²) in [5, 5.41) is 16.3. The third kappa shape index (κ3) is 46.6. The molecule has 0 saturated carbocycles. The maximum absolute atomic E-state index is 11.7. The predicted molar refractivity (Wildman–Crippen MR) is 378 cm³/mol. The first-order valence-corrected chi connectivity index (χ1v) is 33.8. The molecule has 0 saturated heterocycles. The van der Waals surface area contributed by atoms with E-state index in [-0.39, 0.29) is 11.8 Å². The van der Waals surface area contributed by atoms with Gasteiger partial charge >= 0.3 is 0 Å². The van der Waals surface area contributed by atoms with Crippen molar-refractivity contribution in [1.29, 1.82) is 0 Å². The van der Waals surface area contributed by atoms with Crippen LogP contribution in [0.5, 0.6) is 0 Å². The highest BCUT2D eigenvalue weighted by Gasteiger charge is 2.14. The lowest BCUT2D eigenvalue weighted by Gasteiger charge is -2.17. The normalized spacial score (nSPS) is 11.9. The number of rotatable bonds is 26. The first kappa shape index (κ1) is 78.4. The van der Waals surface area contributed by atoms with Crippen molar-refractivity contribution < 1.29 is 14.0 Å². The van der Waals surface area contributed by atoms with Gasteiger partial charge in [-0.1, -0.05) is 186 Å². The van der Waals surface area contributed by atoms with Gasteiger partial charge in [-0.15, -0.1) is 22.7 Å². The monoisotopic (exact) mass is 1220 g/mol. The Bertz CT molecular complexity index is 2470. The number of benzene rings is 1. The summed E-state index contributed by atoms with van der Waals surface area (Å²) >= 11 is 3.27. The molecule has 6 rings (SSSR count). The Morgan fingerprint density at radius 1 is 0.512 bits per heavy atom. The molecule has 480 valence electrons. The van der Waals surface area contributed by atoms with E-state index < -0.39 is 0 Å². The summed E-state index contributed by atoms with van der Waals surface area (Å²) in [4.78, 5) is 37.4. The summed E-state index contributed by atoms with van der Waals surface area (Å²) in [6, 6.07) is 23.0. The van der Waals surface area contributed by atoms with Gasteiger partial charge in [0.15, 0.2) is 0 Å². The molecule has 5 aromatic rings. The van der Waals surface area contributed by atoms with E-state index in [9.17, 15) is 9.59 Å². The van der Waals surface area contributed by atoms with Crippen molar-refractivity contribution in [1.82, 2.24) is 25.9 Å². The molecule has 2 amide bonds. The number of hydrogen-bond acceptors (Lipinski definition) is 10. The minimum absolute atomic E-state index is 0.0227. The van der Waals surface area contributed by atoms with Gasteiger partial charge in [0.25, 0.3) is 11.8 Å². The lowest BCUT2D eigenvalue weighted by atomic mass is 9.89. The molecule has 0 fully saturated rings. The van der Waals surface area contributed by atoms with E-state index >= 15 is 0 Å². The fraction of sp³-hybridized carbons (Fsp3) is 0.581. The van der Waals surface area contributed by atoms with Crippen molar-refractivity contribution in [2.45, 2.75) is 220 Å². The van der Waals surface area contributed by atoms with Crippen LogP contribution in [0.15, 0.2) is 137 Å². The maximum Gasteiger partial charge on any atom is 0.261 e. The third-order valence-electron chi connectivity index (χ3n) is 13.3. The number of thiophene rings is 2. The Balaban J connectivity index is 0.000000518. The second-order valence-electron chi connectivity index (χ2n) is 28.3. The van der Waals surface area contributed by atoms with Crippen LogP contribution in [0.25, 0.3) is 11.1 Å². The molecule has 4 N–H and O–H groups in total. The van der Waals surface area contributed by atoms with Gasteiger partial charge in [0.2, 0.25) is 5.95 Å². The standard InChI is InChI=1S/C15H24O.C15H24S.C14H21NO.C11H19N3.C11H20N2.C8H11NOS/c2*1-13(14-10-8-12-16-14)9-6-5-7-11-15(2,3)4;1-14(2,3)10-7-11-15-13(16)12-8-5-4-6-9-12;1-11(2,3)6-4-7-12-10-13-8-5-9-14-10;1-11(2,3)7-5-9-13-10-6-4-8-12-10;1-2-5-9-8(10)7-4-3-6-11-7/h2*8,10,12H,1,5-7,9,11H2,2-4H3;4-6,8-9H,7,10-11H2,1-3H3,(H,15,16);5,8-9H,4,6-7H2,1-3H3,(H,12,13,14);4,6H,5,7-9H2,1-3H3,(H,12,13);3-4,6H,2,5H2,1H3,(H,9,10). The molecule has 5 heterocycles. The van der Waals surface area contributed by atoms with Crippen LogP contribution in [0.1, 0.15) is 251 Å². The molecule has 86 heavy (non-hydrogen) atoms. The van der Waals surface area contributed by atoms with Gasteiger partial charge in [-0.25, -0.2) is 9.97 Å². The number of furan rings is 1. The van der Waals surface area contributed by atoms with Gasteiger partial charge in [0.05, 0.1) is 17.7 Å². The number of anilines is 1. The van der Waals surface area contributed by atoms with Crippen LogP contribution in [-0.2, 0) is 0 Å². The molecular formula is C74H119N7O3S2. The second-order valence-corrected chi connectivity index (χ2v) is 30.2. The number of amidine groups is 1. The van der Waals surface area contributed by atoms with Crippen LogP contribution in [0.2, 0.25) is 0 Å². The van der Waals surface area contributed by atoms with Crippen LogP contribution in [0, 0.1) is 27.1 Å². The molecule has 0 unspecified atom stereocenters. The molecule has 0 bridgehead atoms. The smallest absolute Gasteiger partial charge is 0.261 e. The van der Waals surface area contributed by atoms with E-state index in [1.165, 1.54) is 92.4 Å². The Hall–Kier alpha value is -5.59. The van der Waals surface area contributed by atoms with Crippen molar-refractivity contribution >= 4 is 57.4 Å². The zero-order valence-electron chi connectivity index (χ0n) is 56.8. The van der Waals surface area contributed by atoms with Crippen molar-refractivity contribution in [3.63, 3.8) is 0 Å². The van der Waals surface area contributed by atoms with Gasteiger partial charge < -0.3 is 25.7 Å². The maximum atomic E-state index is 11.7. The number of carbonyl (C=O) groups excluding carboxylic acids is 2. The van der Waals surface area contributed by atoms with E-state index in [4.69, 9.17) is 4.42 Å². The van der Waals surface area contributed by atoms with Gasteiger partial charge in [-0.05, 0) is 181 Å². The summed E-state index contributed by atoms with van der Waals surface area (Å²) in [6.07, 6.45) is 30.0. The fourth-order valence-electron chi connectivity index (χ4n) is 8.32. The number of nitrogens with one attached hydrogen (secondary N) is 4. The zero-order valence-corrected chi connectivity index (χ0v) is 58.5. The Labute approximate surface area is 533 Å². The van der Waals surface area contributed by atoms with E-state index in [1.54, 1.807) is 30.0 Å². The van der Waals surface area contributed by atoms with Gasteiger partial charge in [-0.3, -0.25) is 14.6 Å². The number of hydrogen-bond donors (Lipinski definition) is 4. The van der Waals surface area contributed by atoms with E-state index in [1.807, 2.05) is 73.0 Å². The molecule has 1 aromatic carbocycles. The molecule has 0 radical (unpaired) electrons. The summed E-state index contributed by atoms with van der Waals surface area (Å²) in [7, 11) is 0. The number of aromatic nitrogens is 2. The molecule has 0 atom stereocenters. The van der Waals surface area contributed by atoms with E-state index in [2.05, 4.69) is 183 Å².